The molecule has 1 unspecified atom stereocenters. The molecule has 1 fully saturated rings. The number of aliphatic hydroxyl groups excluding tert-OH is 1. The van der Waals surface area contributed by atoms with Crippen molar-refractivity contribution >= 4 is 0 Å². The molecule has 0 spiro atoms. The molecule has 0 amide bonds. The van der Waals surface area contributed by atoms with E-state index in [4.69, 9.17) is 9.84 Å². The summed E-state index contributed by atoms with van der Waals surface area (Å²) in [5.41, 5.74) is 0.875. The highest BCUT2D eigenvalue weighted by Crippen LogP contribution is 2.51. The number of aliphatic hydroxyl groups is 1. The van der Waals surface area contributed by atoms with Gasteiger partial charge in [0.15, 0.2) is 0 Å². The first-order chi connectivity index (χ1) is 6.32. The number of hydrogen-bond acceptors (Lipinski definition) is 2. The molecule has 1 aromatic rings. The lowest BCUT2D eigenvalue weighted by Crippen LogP contribution is -2.16. The van der Waals surface area contributed by atoms with Crippen molar-refractivity contribution in [2.24, 2.45) is 0 Å². The van der Waals surface area contributed by atoms with Crippen molar-refractivity contribution in [1.29, 1.82) is 0 Å². The maximum Gasteiger partial charge on any atom is 0.122 e. The van der Waals surface area contributed by atoms with Crippen molar-refractivity contribution in [2.75, 3.05) is 6.61 Å². The van der Waals surface area contributed by atoms with Crippen LogP contribution < -0.4 is 0 Å². The van der Waals surface area contributed by atoms with E-state index in [1.165, 1.54) is 5.56 Å². The minimum Gasteiger partial charge on any atom is -0.393 e. The highest BCUT2D eigenvalue weighted by Gasteiger charge is 2.55. The van der Waals surface area contributed by atoms with E-state index in [9.17, 15) is 0 Å². The fourth-order valence-corrected chi connectivity index (χ4v) is 1.70. The summed E-state index contributed by atoms with van der Waals surface area (Å²) < 4.78 is 5.54. The van der Waals surface area contributed by atoms with Crippen molar-refractivity contribution in [3.05, 3.63) is 35.9 Å². The molecule has 0 bridgehead atoms. The van der Waals surface area contributed by atoms with Crippen LogP contribution in [-0.2, 0) is 4.74 Å². The molecule has 1 aromatic carbocycles. The molecule has 0 radical (unpaired) electrons. The summed E-state index contributed by atoms with van der Waals surface area (Å²) in [7, 11) is 0. The van der Waals surface area contributed by atoms with E-state index in [0.29, 0.717) is 0 Å². The van der Waals surface area contributed by atoms with E-state index < -0.39 is 0 Å². The van der Waals surface area contributed by atoms with Crippen LogP contribution in [0.3, 0.4) is 0 Å². The van der Waals surface area contributed by atoms with E-state index >= 15 is 0 Å². The van der Waals surface area contributed by atoms with E-state index in [0.717, 1.165) is 6.42 Å². The third kappa shape index (κ3) is 1.36. The van der Waals surface area contributed by atoms with Gasteiger partial charge in [0.05, 0.1) is 6.61 Å². The van der Waals surface area contributed by atoms with Crippen LogP contribution >= 0.6 is 0 Å². The molecule has 2 atom stereocenters. The second-order valence-electron chi connectivity index (χ2n) is 3.49. The summed E-state index contributed by atoms with van der Waals surface area (Å²) in [6, 6.07) is 10.1. The zero-order valence-electron chi connectivity index (χ0n) is 7.73. The van der Waals surface area contributed by atoms with Gasteiger partial charge in [-0.05, 0) is 12.0 Å². The lowest BCUT2D eigenvalue weighted by atomic mass is 9.98. The third-order valence-corrected chi connectivity index (χ3v) is 2.74. The molecule has 1 aliphatic rings. The molecule has 1 saturated heterocycles. The van der Waals surface area contributed by atoms with Crippen molar-refractivity contribution in [3.63, 3.8) is 0 Å². The molecule has 1 N–H and O–H groups in total. The van der Waals surface area contributed by atoms with Crippen LogP contribution in [0.5, 0.6) is 0 Å². The van der Waals surface area contributed by atoms with Crippen molar-refractivity contribution < 1.29 is 9.84 Å². The number of hydrogen-bond donors (Lipinski definition) is 1. The first kappa shape index (κ1) is 8.73. The van der Waals surface area contributed by atoms with Gasteiger partial charge in [0.25, 0.3) is 0 Å². The average Bonchev–Trinajstić information content (AvgIpc) is 2.95. The zero-order chi connectivity index (χ0) is 9.31. The van der Waals surface area contributed by atoms with Crippen molar-refractivity contribution in [2.45, 2.75) is 25.0 Å². The Morgan fingerprint density at radius 3 is 2.54 bits per heavy atom. The van der Waals surface area contributed by atoms with Crippen LogP contribution in [0.15, 0.2) is 30.3 Å². The van der Waals surface area contributed by atoms with Crippen LogP contribution in [0.2, 0.25) is 0 Å². The van der Waals surface area contributed by atoms with Gasteiger partial charge in [-0.2, -0.15) is 0 Å². The molecule has 13 heavy (non-hydrogen) atoms. The van der Waals surface area contributed by atoms with E-state index in [1.54, 1.807) is 0 Å². The predicted molar refractivity (Wildman–Crippen MR) is 50.4 cm³/mol. The van der Waals surface area contributed by atoms with E-state index in [1.807, 2.05) is 37.3 Å². The monoisotopic (exact) mass is 178 g/mol. The average molecular weight is 178 g/mol. The van der Waals surface area contributed by atoms with Crippen molar-refractivity contribution in [3.8, 4) is 0 Å². The Balaban J connectivity index is 2.15. The molecular formula is C11H14O2. The van der Waals surface area contributed by atoms with E-state index in [2.05, 4.69) is 0 Å². The van der Waals surface area contributed by atoms with Crippen LogP contribution in [0.4, 0.5) is 0 Å². The second kappa shape index (κ2) is 3.13. The summed E-state index contributed by atoms with van der Waals surface area (Å²) in [5, 5.41) is 9.16. The summed E-state index contributed by atoms with van der Waals surface area (Å²) in [6.07, 6.45) is 0.965. The molecule has 1 aliphatic heterocycles. The fourth-order valence-electron chi connectivity index (χ4n) is 1.70. The molecule has 70 valence electrons. The summed E-state index contributed by atoms with van der Waals surface area (Å²) >= 11 is 0. The zero-order valence-corrected chi connectivity index (χ0v) is 7.73. The Bertz CT molecular complexity index is 277. The number of ether oxygens (including phenoxy) is 1. The van der Waals surface area contributed by atoms with Gasteiger partial charge in [-0.25, -0.2) is 0 Å². The Kier molecular flexibility index (Phi) is 2.10. The van der Waals surface area contributed by atoms with Crippen LogP contribution in [0.25, 0.3) is 0 Å². The third-order valence-electron chi connectivity index (χ3n) is 2.74. The molecule has 2 heteroatoms. The molecule has 2 nitrogen and oxygen atoms in total. The lowest BCUT2D eigenvalue weighted by Gasteiger charge is -2.04. The molecule has 0 aliphatic carbocycles. The second-order valence-corrected chi connectivity index (χ2v) is 3.49. The molecule has 2 rings (SSSR count). The fraction of sp³-hybridized carbons (Fsp3) is 0.455. The van der Waals surface area contributed by atoms with Crippen LogP contribution in [-0.4, -0.2) is 17.3 Å². The van der Waals surface area contributed by atoms with Gasteiger partial charge in [0.2, 0.25) is 0 Å². The van der Waals surface area contributed by atoms with Gasteiger partial charge >= 0.3 is 0 Å². The first-order valence-corrected chi connectivity index (χ1v) is 4.66. The predicted octanol–water partition coefficient (Wildman–Crippen LogP) is 1.90. The number of rotatable bonds is 3. The molecule has 1 heterocycles. The van der Waals surface area contributed by atoms with Gasteiger partial charge < -0.3 is 9.84 Å². The minimum absolute atomic E-state index is 0.101. The van der Waals surface area contributed by atoms with Crippen LogP contribution in [0.1, 0.15) is 25.0 Å². The van der Waals surface area contributed by atoms with E-state index in [-0.39, 0.29) is 18.3 Å². The Morgan fingerprint density at radius 1 is 1.38 bits per heavy atom. The summed E-state index contributed by atoms with van der Waals surface area (Å²) in [4.78, 5) is 0. The lowest BCUT2D eigenvalue weighted by molar-refractivity contribution is 0.168. The maximum absolute atomic E-state index is 9.16. The highest BCUT2D eigenvalue weighted by molar-refractivity contribution is 5.26. The van der Waals surface area contributed by atoms with Crippen molar-refractivity contribution in [1.82, 2.24) is 0 Å². The molecular weight excluding hydrogens is 164 g/mol. The van der Waals surface area contributed by atoms with Gasteiger partial charge in [0, 0.05) is 0 Å². The normalized spacial score (nSPS) is 31.7. The standard InChI is InChI=1S/C11H14O2/c1-2-11(8-12)10(13-11)9-6-4-3-5-7-9/h3-7,10,12H,2,8H2,1H3/t10?,11-/m1/s1. The first-order valence-electron chi connectivity index (χ1n) is 4.66. The van der Waals surface area contributed by atoms with Gasteiger partial charge in [0.1, 0.15) is 11.7 Å². The number of benzene rings is 1. The van der Waals surface area contributed by atoms with Gasteiger partial charge in [-0.3, -0.25) is 0 Å². The van der Waals surface area contributed by atoms with Gasteiger partial charge in [-0.15, -0.1) is 0 Å². The summed E-state index contributed by atoms with van der Waals surface area (Å²) in [6.45, 7) is 2.15. The molecule has 0 saturated carbocycles. The SMILES string of the molecule is CC[C@]1(CO)OC1c1ccccc1. The number of epoxide rings is 1. The Morgan fingerprint density at radius 2 is 2.08 bits per heavy atom. The highest BCUT2D eigenvalue weighted by atomic mass is 16.6. The largest absolute Gasteiger partial charge is 0.393 e. The molecule has 0 aromatic heterocycles. The minimum atomic E-state index is -0.290. The summed E-state index contributed by atoms with van der Waals surface area (Å²) in [5.74, 6) is 0. The Hall–Kier alpha value is -0.860. The van der Waals surface area contributed by atoms with Crippen LogP contribution in [0, 0.1) is 0 Å². The quantitative estimate of drug-likeness (QED) is 0.717. The topological polar surface area (TPSA) is 32.8 Å². The van der Waals surface area contributed by atoms with Gasteiger partial charge in [-0.1, -0.05) is 37.3 Å². The smallest absolute Gasteiger partial charge is 0.122 e. The maximum atomic E-state index is 9.16. The Labute approximate surface area is 78.2 Å².